The van der Waals surface area contributed by atoms with Crippen LogP contribution in [0.15, 0.2) is 65.6 Å². The molecule has 2 aromatic carbocycles. The number of rotatable bonds is 10. The first-order chi connectivity index (χ1) is 28.1. The first kappa shape index (κ1) is 40.3. The number of fused-ring (bicyclic) bond motifs is 1. The highest BCUT2D eigenvalue weighted by molar-refractivity contribution is 6.39. The summed E-state index contributed by atoms with van der Waals surface area (Å²) < 4.78 is 14.6. The Morgan fingerprint density at radius 2 is 1.66 bits per heavy atom. The average molecular weight is 842 g/mol. The maximum absolute atomic E-state index is 13.6. The van der Waals surface area contributed by atoms with E-state index in [0.29, 0.717) is 86.6 Å². The quantitative estimate of drug-likeness (QED) is 0.167. The fourth-order valence-electron chi connectivity index (χ4n) is 8.23. The van der Waals surface area contributed by atoms with Gasteiger partial charge in [0.2, 0.25) is 17.7 Å². The molecular formula is C43H46Cl2N8O6. The first-order valence-electron chi connectivity index (χ1n) is 19.6. The Balaban J connectivity index is 1.05. The summed E-state index contributed by atoms with van der Waals surface area (Å²) in [6.07, 6.45) is 3.71. The summed E-state index contributed by atoms with van der Waals surface area (Å²) in [5.74, 6) is 0.979. The second kappa shape index (κ2) is 15.6. The molecular weight excluding hydrogens is 795 g/mol. The summed E-state index contributed by atoms with van der Waals surface area (Å²) in [5.41, 5.74) is 4.01. The van der Waals surface area contributed by atoms with Gasteiger partial charge in [0.15, 0.2) is 0 Å². The van der Waals surface area contributed by atoms with Gasteiger partial charge < -0.3 is 25.0 Å². The predicted octanol–water partition coefficient (Wildman–Crippen LogP) is 6.22. The molecule has 3 aromatic heterocycles. The van der Waals surface area contributed by atoms with Gasteiger partial charge in [0, 0.05) is 85.1 Å². The van der Waals surface area contributed by atoms with Gasteiger partial charge in [0.05, 0.1) is 41.5 Å². The van der Waals surface area contributed by atoms with Gasteiger partial charge >= 0.3 is 6.09 Å². The lowest BCUT2D eigenvalue weighted by Gasteiger charge is -2.47. The summed E-state index contributed by atoms with van der Waals surface area (Å²) >= 11 is 14.4. The molecule has 5 aromatic rings. The molecule has 0 bridgehead atoms. The fraction of sp³-hybridized carbons (Fsp3) is 0.395. The van der Waals surface area contributed by atoms with E-state index >= 15 is 0 Å². The van der Waals surface area contributed by atoms with Gasteiger partial charge in [-0.1, -0.05) is 59.6 Å². The van der Waals surface area contributed by atoms with Gasteiger partial charge in [0.25, 0.3) is 5.56 Å². The fourth-order valence-corrected chi connectivity index (χ4v) is 8.89. The Labute approximate surface area is 351 Å². The van der Waals surface area contributed by atoms with E-state index < -0.39 is 11.7 Å². The zero-order valence-electron chi connectivity index (χ0n) is 33.6. The van der Waals surface area contributed by atoms with Gasteiger partial charge in [-0.3, -0.25) is 23.9 Å². The van der Waals surface area contributed by atoms with E-state index in [9.17, 15) is 19.2 Å². The lowest BCUT2D eigenvalue weighted by Crippen LogP contribution is -2.66. The van der Waals surface area contributed by atoms with Crippen molar-refractivity contribution < 1.29 is 23.9 Å². The number of carbonyl (C=O) groups is 3. The predicted molar refractivity (Wildman–Crippen MR) is 224 cm³/mol. The van der Waals surface area contributed by atoms with Crippen molar-refractivity contribution in [2.45, 2.75) is 76.7 Å². The molecule has 0 unspecified atom stereocenters. The minimum Gasteiger partial charge on any atom is -0.481 e. The van der Waals surface area contributed by atoms with Crippen molar-refractivity contribution >= 4 is 46.6 Å². The molecule has 0 saturated carbocycles. The third-order valence-corrected chi connectivity index (χ3v) is 11.9. The van der Waals surface area contributed by atoms with E-state index in [1.165, 1.54) is 7.11 Å². The van der Waals surface area contributed by atoms with E-state index in [1.807, 2.05) is 75.5 Å². The van der Waals surface area contributed by atoms with Crippen molar-refractivity contribution in [2.24, 2.45) is 7.05 Å². The van der Waals surface area contributed by atoms with Crippen LogP contribution in [0, 0.1) is 0 Å². The highest BCUT2D eigenvalue weighted by Gasteiger charge is 2.47. The number of hydrogen-bond acceptors (Lipinski definition) is 9. The number of halogens is 2. The molecule has 3 aliphatic rings. The van der Waals surface area contributed by atoms with Crippen molar-refractivity contribution in [1.82, 2.24) is 39.6 Å². The molecule has 8 rings (SSSR count). The Morgan fingerprint density at radius 1 is 0.966 bits per heavy atom. The van der Waals surface area contributed by atoms with Crippen LogP contribution in [0.25, 0.3) is 39.0 Å². The summed E-state index contributed by atoms with van der Waals surface area (Å²) in [4.78, 5) is 59.2. The Hall–Kier alpha value is -5.44. The highest BCUT2D eigenvalue weighted by Crippen LogP contribution is 2.43. The van der Waals surface area contributed by atoms with Crippen LogP contribution in [0.2, 0.25) is 10.0 Å². The zero-order valence-corrected chi connectivity index (χ0v) is 35.1. The summed E-state index contributed by atoms with van der Waals surface area (Å²) in [5, 5.41) is 11.7. The molecule has 0 aliphatic carbocycles. The Morgan fingerprint density at radius 3 is 2.31 bits per heavy atom. The second-order valence-corrected chi connectivity index (χ2v) is 17.4. The van der Waals surface area contributed by atoms with Crippen LogP contribution >= 0.6 is 23.2 Å². The Bertz CT molecular complexity index is 2560. The summed E-state index contributed by atoms with van der Waals surface area (Å²) in [6, 6.07) is 16.6. The summed E-state index contributed by atoms with van der Waals surface area (Å²) in [6.45, 7) is 7.77. The molecule has 14 nitrogen and oxygen atoms in total. The van der Waals surface area contributed by atoms with Gasteiger partial charge in [-0.05, 0) is 51.8 Å². The molecule has 6 heterocycles. The third-order valence-electron chi connectivity index (χ3n) is 11.1. The van der Waals surface area contributed by atoms with Crippen molar-refractivity contribution in [1.29, 1.82) is 0 Å². The number of methoxy groups -OCH3 is 1. The van der Waals surface area contributed by atoms with Crippen molar-refractivity contribution in [2.75, 3.05) is 26.7 Å². The van der Waals surface area contributed by atoms with Crippen LogP contribution in [0.1, 0.15) is 57.8 Å². The zero-order chi connectivity index (χ0) is 41.8. The van der Waals surface area contributed by atoms with E-state index in [0.717, 1.165) is 25.1 Å². The standard InChI is InChI=1S/C43H46Cl2N8O6/c1-42(2,3)59-41(57)52(21-27-13-15-35(54)46-27)19-25-12-14-32(47-39(25)58-5)31-11-7-10-30(38(31)45)29-9-6-8-28(37(29)44)26-18-33-40(56)50(4)34(49-53(33)20-26)22-51-23-43(24-51)17-16-36(55)48-43/h6-12,14,18,20,27H,13,15-17,19,21-24H2,1-5H3,(H,46,54)(H,48,55)/t27-/m0/s1. The SMILES string of the molecule is COc1nc(-c2cccc(-c3cccc(-c4cc5c(=O)n(C)c(CN6CC7(CCC(=O)N7)C6)nn5c4)c3Cl)c2Cl)ccc1CN(C[C@@H]1CCC(=O)N1)C(=O)OC(C)(C)C. The number of aromatic nitrogens is 4. The van der Waals surface area contributed by atoms with Gasteiger partial charge in [-0.15, -0.1) is 0 Å². The number of carbonyl (C=O) groups excluding carboxylic acids is 3. The molecule has 1 spiro atoms. The number of nitrogens with zero attached hydrogens (tertiary/aromatic N) is 6. The lowest BCUT2D eigenvalue weighted by molar-refractivity contribution is -0.121. The van der Waals surface area contributed by atoms with Gasteiger partial charge in [-0.25, -0.2) is 14.3 Å². The molecule has 1 atom stereocenters. The maximum Gasteiger partial charge on any atom is 0.410 e. The third kappa shape index (κ3) is 8.13. The summed E-state index contributed by atoms with van der Waals surface area (Å²) in [7, 11) is 3.24. The minimum absolute atomic E-state index is 0.0403. The second-order valence-electron chi connectivity index (χ2n) is 16.7. The first-order valence-corrected chi connectivity index (χ1v) is 20.4. The van der Waals surface area contributed by atoms with E-state index in [1.54, 1.807) is 27.1 Å². The van der Waals surface area contributed by atoms with Crippen molar-refractivity contribution in [3.8, 4) is 39.4 Å². The van der Waals surface area contributed by atoms with Crippen LogP contribution in [0.5, 0.6) is 5.88 Å². The van der Waals surface area contributed by atoms with Crippen molar-refractivity contribution in [3.63, 3.8) is 0 Å². The number of nitrogens with one attached hydrogen (secondary N) is 2. The van der Waals surface area contributed by atoms with Crippen LogP contribution in [-0.2, 0) is 34.5 Å². The number of pyridine rings is 1. The van der Waals surface area contributed by atoms with Crippen LogP contribution < -0.4 is 20.9 Å². The number of ether oxygens (including phenoxy) is 2. The number of likely N-dealkylation sites (tertiary alicyclic amines) is 1. The van der Waals surface area contributed by atoms with E-state index in [4.69, 9.17) is 42.8 Å². The minimum atomic E-state index is -0.711. The molecule has 59 heavy (non-hydrogen) atoms. The number of amides is 3. The topological polar surface area (TPSA) is 152 Å². The molecule has 308 valence electrons. The van der Waals surface area contributed by atoms with Crippen molar-refractivity contribution in [3.05, 3.63) is 92.6 Å². The molecule has 0 radical (unpaired) electrons. The van der Waals surface area contributed by atoms with E-state index in [2.05, 4.69) is 15.5 Å². The number of benzene rings is 2. The molecule has 16 heteroatoms. The largest absolute Gasteiger partial charge is 0.481 e. The lowest BCUT2D eigenvalue weighted by atomic mass is 9.88. The molecule has 3 saturated heterocycles. The monoisotopic (exact) mass is 840 g/mol. The van der Waals surface area contributed by atoms with Gasteiger partial charge in [-0.2, -0.15) is 5.10 Å². The highest BCUT2D eigenvalue weighted by atomic mass is 35.5. The van der Waals surface area contributed by atoms with Crippen LogP contribution in [0.3, 0.4) is 0 Å². The molecule has 3 aliphatic heterocycles. The normalized spacial score (nSPS) is 17.6. The van der Waals surface area contributed by atoms with E-state index in [-0.39, 0.29) is 42.0 Å². The maximum atomic E-state index is 13.6. The molecule has 3 fully saturated rings. The average Bonchev–Trinajstić information content (AvgIpc) is 3.91. The smallest absolute Gasteiger partial charge is 0.410 e. The number of hydrogen-bond donors (Lipinski definition) is 2. The molecule has 2 N–H and O–H groups in total. The Kier molecular flexibility index (Phi) is 10.7. The van der Waals surface area contributed by atoms with Crippen LogP contribution in [0.4, 0.5) is 4.79 Å². The van der Waals surface area contributed by atoms with Gasteiger partial charge in [0.1, 0.15) is 16.9 Å². The molecule has 3 amide bonds. The van der Waals surface area contributed by atoms with Crippen LogP contribution in [-0.4, -0.2) is 90.8 Å².